The first kappa shape index (κ1) is 41.4. The monoisotopic (exact) mass is 851 g/mol. The van der Waals surface area contributed by atoms with E-state index in [-0.39, 0.29) is 12.0 Å². The summed E-state index contributed by atoms with van der Waals surface area (Å²) in [4.78, 5) is 56.1. The second-order valence-electron chi connectivity index (χ2n) is 19.4. The first-order chi connectivity index (χ1) is 29.6. The zero-order valence-corrected chi connectivity index (χ0v) is 37.6. The number of piperidine rings is 1. The second-order valence-corrected chi connectivity index (χ2v) is 19.4. The van der Waals surface area contributed by atoms with E-state index in [4.69, 9.17) is 23.7 Å². The van der Waals surface area contributed by atoms with Crippen molar-refractivity contribution in [2.75, 3.05) is 85.0 Å². The molecule has 14 heteroatoms. The fourth-order valence-electron chi connectivity index (χ4n) is 14.2. The van der Waals surface area contributed by atoms with Crippen LogP contribution in [0.4, 0.5) is 11.4 Å². The number of methoxy groups -OCH3 is 3. The number of epoxide rings is 1. The number of benzene rings is 2. The summed E-state index contributed by atoms with van der Waals surface area (Å²) in [6.07, 6.45) is 6.58. The van der Waals surface area contributed by atoms with Crippen molar-refractivity contribution in [2.45, 2.75) is 99.2 Å². The van der Waals surface area contributed by atoms with Crippen molar-refractivity contribution in [3.05, 3.63) is 64.9 Å². The van der Waals surface area contributed by atoms with E-state index in [1.54, 1.807) is 7.11 Å². The molecule has 2 bridgehead atoms. The topological polar surface area (TPSA) is 150 Å². The number of esters is 3. The third-order valence-corrected chi connectivity index (χ3v) is 16.6. The molecule has 4 fully saturated rings. The average Bonchev–Trinajstić information content (AvgIpc) is 3.51. The molecule has 2 N–H and O–H groups in total. The number of nitrogens with one attached hydrogen (secondary N) is 1. The standard InChI is InChI=1S/C48H61N5O9/c1-10-43(57)24-29-25-45(41(55)59-8,38-31(15-19-52(26-29)27-43)32-21-30(50(4)5)13-14-35(32)49-38)34-22-33-36(23-37(34)58-7)51(6)48-46(33)17-20-53-18-12-16-44(11-2,39(46)53)40(61-28(3)54)47(48,62-48)42(56)60-9/h12-14,16,21-23,29,39-40,49,57H,10-11,15,17-20,24-27H2,1-9H3/t29-,39+,40-,43+,44-,45+,46-,47+,48+/m1/s1. The molecule has 10 rings (SSSR count). The van der Waals surface area contributed by atoms with Gasteiger partial charge in [0.15, 0.2) is 11.8 Å². The van der Waals surface area contributed by atoms with Crippen molar-refractivity contribution in [2.24, 2.45) is 11.3 Å². The number of rotatable bonds is 8. The van der Waals surface area contributed by atoms with Gasteiger partial charge in [0.1, 0.15) is 11.2 Å². The third-order valence-electron chi connectivity index (χ3n) is 16.6. The van der Waals surface area contributed by atoms with Crippen molar-refractivity contribution in [3.63, 3.8) is 0 Å². The predicted molar refractivity (Wildman–Crippen MR) is 233 cm³/mol. The lowest BCUT2D eigenvalue weighted by Gasteiger charge is -2.58. The summed E-state index contributed by atoms with van der Waals surface area (Å²) >= 11 is 0. The first-order valence-corrected chi connectivity index (χ1v) is 22.3. The maximum atomic E-state index is 15.5. The molecule has 7 heterocycles. The van der Waals surface area contributed by atoms with E-state index < -0.39 is 57.2 Å². The lowest BCUT2D eigenvalue weighted by atomic mass is 9.49. The zero-order valence-electron chi connectivity index (χ0n) is 37.6. The number of fused-ring (bicyclic) bond motifs is 6. The molecule has 1 unspecified atom stereocenters. The summed E-state index contributed by atoms with van der Waals surface area (Å²) in [5.41, 5.74) is -0.840. The summed E-state index contributed by atoms with van der Waals surface area (Å²) < 4.78 is 31.6. The first-order valence-electron chi connectivity index (χ1n) is 22.3. The van der Waals surface area contributed by atoms with Crippen molar-refractivity contribution in [1.29, 1.82) is 0 Å². The molecule has 1 aromatic heterocycles. The van der Waals surface area contributed by atoms with Crippen LogP contribution in [0, 0.1) is 11.3 Å². The van der Waals surface area contributed by atoms with E-state index in [2.05, 4.69) is 67.9 Å². The zero-order chi connectivity index (χ0) is 43.9. The molecule has 62 heavy (non-hydrogen) atoms. The fourth-order valence-corrected chi connectivity index (χ4v) is 14.2. The number of hydrogen-bond donors (Lipinski definition) is 2. The van der Waals surface area contributed by atoms with Gasteiger partial charge in [-0.2, -0.15) is 0 Å². The smallest absolute Gasteiger partial charge is 0.347 e. The summed E-state index contributed by atoms with van der Waals surface area (Å²) in [6, 6.07) is 10.3. The summed E-state index contributed by atoms with van der Waals surface area (Å²) in [6.45, 7) is 8.87. The fraction of sp³-hybridized carbons (Fsp3) is 0.604. The molecule has 10 atom stereocenters. The quantitative estimate of drug-likeness (QED) is 0.143. The van der Waals surface area contributed by atoms with Crippen LogP contribution < -0.4 is 14.5 Å². The van der Waals surface area contributed by atoms with Crippen molar-refractivity contribution < 1.29 is 43.2 Å². The number of aliphatic hydroxyl groups is 1. The molecule has 1 aliphatic carbocycles. The van der Waals surface area contributed by atoms with Gasteiger partial charge in [0.2, 0.25) is 0 Å². The molecule has 7 aliphatic rings. The van der Waals surface area contributed by atoms with Crippen LogP contribution >= 0.6 is 0 Å². The van der Waals surface area contributed by atoms with Crippen LogP contribution in [-0.2, 0) is 50.6 Å². The maximum Gasteiger partial charge on any atom is 0.347 e. The summed E-state index contributed by atoms with van der Waals surface area (Å²) in [5, 5.41) is 13.1. The highest BCUT2D eigenvalue weighted by Gasteiger charge is 2.98. The Morgan fingerprint density at radius 2 is 1.77 bits per heavy atom. The van der Waals surface area contributed by atoms with Gasteiger partial charge in [-0.3, -0.25) is 19.4 Å². The number of aromatic nitrogens is 1. The highest BCUT2D eigenvalue weighted by molar-refractivity contribution is 5.97. The number of nitrogens with zero attached hydrogens (tertiary/aromatic N) is 4. The van der Waals surface area contributed by atoms with Crippen LogP contribution in [-0.4, -0.2) is 142 Å². The molecule has 2 aromatic carbocycles. The van der Waals surface area contributed by atoms with Crippen LogP contribution in [0.5, 0.6) is 5.75 Å². The molecular weight excluding hydrogens is 791 g/mol. The van der Waals surface area contributed by atoms with Crippen LogP contribution in [0.3, 0.4) is 0 Å². The Bertz CT molecular complexity index is 2430. The van der Waals surface area contributed by atoms with Crippen LogP contribution in [0.25, 0.3) is 10.9 Å². The number of ether oxygens (including phenoxy) is 5. The molecule has 1 saturated carbocycles. The van der Waals surface area contributed by atoms with Crippen molar-refractivity contribution in [3.8, 4) is 5.75 Å². The maximum absolute atomic E-state index is 15.5. The molecule has 3 aromatic rings. The second kappa shape index (κ2) is 13.7. The average molecular weight is 852 g/mol. The normalized spacial score (nSPS) is 37.4. The highest BCUT2D eigenvalue weighted by Crippen LogP contribution is 2.80. The van der Waals surface area contributed by atoms with Gasteiger partial charge in [0.05, 0.1) is 32.3 Å². The van der Waals surface area contributed by atoms with Gasteiger partial charge >= 0.3 is 17.9 Å². The van der Waals surface area contributed by atoms with Crippen molar-refractivity contribution >= 4 is 40.2 Å². The number of hydrogen-bond acceptors (Lipinski definition) is 13. The minimum atomic E-state index is -1.67. The van der Waals surface area contributed by atoms with Crippen LogP contribution in [0.1, 0.15) is 75.3 Å². The Morgan fingerprint density at radius 3 is 2.45 bits per heavy atom. The van der Waals surface area contributed by atoms with E-state index in [0.29, 0.717) is 82.6 Å². The highest BCUT2D eigenvalue weighted by atomic mass is 16.7. The molecular formula is C48H61N5O9. The third kappa shape index (κ3) is 4.87. The molecule has 3 saturated heterocycles. The Balaban J connectivity index is 1.29. The minimum absolute atomic E-state index is 0.0938. The molecule has 2 spiro atoms. The summed E-state index contributed by atoms with van der Waals surface area (Å²) in [5.74, 6) is -1.12. The van der Waals surface area contributed by atoms with E-state index >= 15 is 4.79 Å². The molecule has 6 aliphatic heterocycles. The number of H-pyrrole nitrogens is 1. The van der Waals surface area contributed by atoms with E-state index in [0.717, 1.165) is 39.1 Å². The minimum Gasteiger partial charge on any atom is -0.496 e. The van der Waals surface area contributed by atoms with Gasteiger partial charge in [-0.05, 0) is 86.4 Å². The van der Waals surface area contributed by atoms with Crippen molar-refractivity contribution in [1.82, 2.24) is 14.8 Å². The van der Waals surface area contributed by atoms with E-state index in [1.807, 2.05) is 34.1 Å². The molecule has 332 valence electrons. The number of likely N-dealkylation sites (N-methyl/N-ethyl adjacent to an activating group) is 1. The number of carbonyl (C=O) groups excluding carboxylic acids is 3. The van der Waals surface area contributed by atoms with Gasteiger partial charge in [0, 0.05) is 105 Å². The Morgan fingerprint density at radius 1 is 1.00 bits per heavy atom. The van der Waals surface area contributed by atoms with E-state index in [1.165, 1.54) is 21.1 Å². The Labute approximate surface area is 363 Å². The van der Waals surface area contributed by atoms with Gasteiger partial charge < -0.3 is 43.6 Å². The van der Waals surface area contributed by atoms with Gasteiger partial charge in [-0.15, -0.1) is 0 Å². The van der Waals surface area contributed by atoms with Crippen LogP contribution in [0.2, 0.25) is 0 Å². The predicted octanol–water partition coefficient (Wildman–Crippen LogP) is 4.42. The van der Waals surface area contributed by atoms with E-state index in [9.17, 15) is 14.7 Å². The Kier molecular flexibility index (Phi) is 9.14. The van der Waals surface area contributed by atoms with Gasteiger partial charge in [0.25, 0.3) is 5.60 Å². The largest absolute Gasteiger partial charge is 0.496 e. The molecule has 14 nitrogen and oxygen atoms in total. The lowest BCUT2D eigenvalue weighted by molar-refractivity contribution is -0.178. The molecule has 0 radical (unpaired) electrons. The van der Waals surface area contributed by atoms with Crippen LogP contribution in [0.15, 0.2) is 42.5 Å². The lowest BCUT2D eigenvalue weighted by Crippen LogP contribution is -2.75. The number of carbonyl (C=O) groups is 3. The summed E-state index contributed by atoms with van der Waals surface area (Å²) in [7, 11) is 10.4. The van der Waals surface area contributed by atoms with Gasteiger partial charge in [-0.25, -0.2) is 4.79 Å². The number of anilines is 2. The SMILES string of the molecule is CC[C@]1(O)C[C@H]2CN(CCc3c([nH]c4ccc(N(C)C)cc34)[C@@](C(=O)OC)(c3cc4c(cc3OC)N(C)[C@@]35O[C@]3(C(=O)OC)[C@H](OC(C)=O)[C@]3(CC)C=CCN6CC[C@]45[C@@H]63)C2)C1. The van der Waals surface area contributed by atoms with Gasteiger partial charge in [-0.1, -0.05) is 26.0 Å². The Hall–Kier alpha value is -4.63. The molecule has 0 amide bonds. The number of aromatic amines is 1.